The molecule has 1 unspecified atom stereocenters. The van der Waals surface area contributed by atoms with Crippen molar-refractivity contribution >= 4 is 23.6 Å². The molecule has 160 valence electrons. The number of hydrogen-bond donors (Lipinski definition) is 2. The summed E-state index contributed by atoms with van der Waals surface area (Å²) < 4.78 is 16.0. The predicted molar refractivity (Wildman–Crippen MR) is 117 cm³/mol. The number of carbonyl (C=O) groups is 2. The Balaban J connectivity index is 2.21. The van der Waals surface area contributed by atoms with Crippen LogP contribution in [0.4, 0.5) is 5.69 Å². The largest absolute Gasteiger partial charge is 0.493 e. The number of carbonyl (C=O) groups excluding carboxylic acids is 2. The van der Waals surface area contributed by atoms with E-state index in [2.05, 4.69) is 10.6 Å². The van der Waals surface area contributed by atoms with Crippen LogP contribution >= 0.6 is 0 Å². The number of nitrogens with one attached hydrogen (secondary N) is 2. The molecule has 0 saturated heterocycles. The van der Waals surface area contributed by atoms with Crippen molar-refractivity contribution in [3.05, 3.63) is 53.6 Å². The molecular formula is C23H28N2O5. The number of ether oxygens (including phenoxy) is 3. The molecule has 0 fully saturated rings. The fourth-order valence-electron chi connectivity index (χ4n) is 2.79. The molecule has 2 amide bonds. The molecule has 0 aliphatic rings. The topological polar surface area (TPSA) is 85.9 Å². The Morgan fingerprint density at radius 2 is 1.70 bits per heavy atom. The molecule has 0 saturated carbocycles. The molecule has 0 radical (unpaired) electrons. The number of rotatable bonds is 9. The molecule has 2 aromatic carbocycles. The number of anilines is 1. The average Bonchev–Trinajstić information content (AvgIpc) is 2.76. The van der Waals surface area contributed by atoms with E-state index in [1.54, 1.807) is 42.5 Å². The van der Waals surface area contributed by atoms with Gasteiger partial charge in [0.1, 0.15) is 0 Å². The van der Waals surface area contributed by atoms with Gasteiger partial charge in [-0.2, -0.15) is 0 Å². The van der Waals surface area contributed by atoms with Gasteiger partial charge in [-0.3, -0.25) is 9.59 Å². The van der Waals surface area contributed by atoms with Crippen LogP contribution in [-0.4, -0.2) is 39.2 Å². The first-order chi connectivity index (χ1) is 14.4. The average molecular weight is 412 g/mol. The summed E-state index contributed by atoms with van der Waals surface area (Å²) >= 11 is 0. The van der Waals surface area contributed by atoms with Crippen molar-refractivity contribution in [3.63, 3.8) is 0 Å². The Morgan fingerprint density at radius 1 is 1.00 bits per heavy atom. The van der Waals surface area contributed by atoms with Gasteiger partial charge in [0.15, 0.2) is 11.5 Å². The van der Waals surface area contributed by atoms with Gasteiger partial charge in [-0.15, -0.1) is 0 Å². The summed E-state index contributed by atoms with van der Waals surface area (Å²) in [6, 6.07) is 10.4. The van der Waals surface area contributed by atoms with Gasteiger partial charge in [0, 0.05) is 17.7 Å². The molecule has 1 atom stereocenters. The lowest BCUT2D eigenvalue weighted by molar-refractivity contribution is -0.111. The van der Waals surface area contributed by atoms with Gasteiger partial charge in [0.05, 0.1) is 32.6 Å². The van der Waals surface area contributed by atoms with E-state index in [1.165, 1.54) is 27.4 Å². The van der Waals surface area contributed by atoms with Crippen molar-refractivity contribution in [2.24, 2.45) is 0 Å². The quantitative estimate of drug-likeness (QED) is 0.610. The van der Waals surface area contributed by atoms with Crippen molar-refractivity contribution in [2.75, 3.05) is 26.6 Å². The van der Waals surface area contributed by atoms with Crippen molar-refractivity contribution in [2.45, 2.75) is 26.3 Å². The van der Waals surface area contributed by atoms with Gasteiger partial charge >= 0.3 is 0 Å². The van der Waals surface area contributed by atoms with Gasteiger partial charge < -0.3 is 24.8 Å². The summed E-state index contributed by atoms with van der Waals surface area (Å²) in [4.78, 5) is 25.0. The predicted octanol–water partition coefficient (Wildman–Crippen LogP) is 3.89. The monoisotopic (exact) mass is 412 g/mol. The lowest BCUT2D eigenvalue weighted by Gasteiger charge is -2.14. The SMILES string of the molecule is CCC(C)NC(=O)c1ccccc1NC(=O)/C=C/c1ccc(OC)c(OC)c1OC. The Kier molecular flexibility index (Phi) is 8.29. The summed E-state index contributed by atoms with van der Waals surface area (Å²) in [5, 5.41) is 5.66. The van der Waals surface area contributed by atoms with E-state index >= 15 is 0 Å². The fourth-order valence-corrected chi connectivity index (χ4v) is 2.79. The highest BCUT2D eigenvalue weighted by molar-refractivity contribution is 6.07. The van der Waals surface area contributed by atoms with E-state index in [1.807, 2.05) is 13.8 Å². The normalized spacial score (nSPS) is 11.6. The molecule has 2 N–H and O–H groups in total. The molecule has 0 heterocycles. The van der Waals surface area contributed by atoms with E-state index in [-0.39, 0.29) is 17.9 Å². The van der Waals surface area contributed by atoms with Crippen LogP contribution in [0.3, 0.4) is 0 Å². The van der Waals surface area contributed by atoms with E-state index in [0.717, 1.165) is 6.42 Å². The third-order valence-corrected chi connectivity index (χ3v) is 4.57. The highest BCUT2D eigenvalue weighted by atomic mass is 16.5. The maximum Gasteiger partial charge on any atom is 0.253 e. The van der Waals surface area contributed by atoms with Crippen molar-refractivity contribution in [1.29, 1.82) is 0 Å². The number of methoxy groups -OCH3 is 3. The number of para-hydroxylation sites is 1. The highest BCUT2D eigenvalue weighted by Gasteiger charge is 2.16. The standard InChI is InChI=1S/C23H28N2O5/c1-6-15(2)24-23(27)17-9-7-8-10-18(17)25-20(26)14-12-16-11-13-19(28-3)22(30-5)21(16)29-4/h7-15H,6H2,1-5H3,(H,24,27)(H,25,26)/b14-12+. The zero-order valence-corrected chi connectivity index (χ0v) is 17.9. The van der Waals surface area contributed by atoms with Crippen LogP contribution in [0.5, 0.6) is 17.2 Å². The third kappa shape index (κ3) is 5.53. The van der Waals surface area contributed by atoms with Gasteiger partial charge in [0.2, 0.25) is 11.7 Å². The van der Waals surface area contributed by atoms with Crippen molar-refractivity contribution in [1.82, 2.24) is 5.32 Å². The second-order valence-corrected chi connectivity index (χ2v) is 6.57. The number of benzene rings is 2. The van der Waals surface area contributed by atoms with Gasteiger partial charge in [-0.1, -0.05) is 19.1 Å². The minimum atomic E-state index is -0.379. The third-order valence-electron chi connectivity index (χ3n) is 4.57. The summed E-state index contributed by atoms with van der Waals surface area (Å²) in [6.45, 7) is 3.92. The zero-order chi connectivity index (χ0) is 22.1. The lowest BCUT2D eigenvalue weighted by atomic mass is 10.1. The molecule has 30 heavy (non-hydrogen) atoms. The molecule has 0 spiro atoms. The van der Waals surface area contributed by atoms with Crippen molar-refractivity contribution in [3.8, 4) is 17.2 Å². The van der Waals surface area contributed by atoms with E-state index in [9.17, 15) is 9.59 Å². The Bertz CT molecular complexity index is 924. The van der Waals surface area contributed by atoms with Crippen molar-refractivity contribution < 1.29 is 23.8 Å². The Hall–Kier alpha value is -3.48. The molecule has 7 heteroatoms. The van der Waals surface area contributed by atoms with Gasteiger partial charge in [0.25, 0.3) is 5.91 Å². The molecule has 0 aromatic heterocycles. The first-order valence-corrected chi connectivity index (χ1v) is 9.63. The van der Waals surface area contributed by atoms with Crippen LogP contribution in [-0.2, 0) is 4.79 Å². The van der Waals surface area contributed by atoms with Crippen LogP contribution in [0.15, 0.2) is 42.5 Å². The first-order valence-electron chi connectivity index (χ1n) is 9.63. The van der Waals surface area contributed by atoms with Crippen LogP contribution in [0.2, 0.25) is 0 Å². The van der Waals surface area contributed by atoms with E-state index < -0.39 is 0 Å². The molecule has 7 nitrogen and oxygen atoms in total. The molecule has 2 rings (SSSR count). The molecule has 0 aliphatic carbocycles. The molecular weight excluding hydrogens is 384 g/mol. The summed E-state index contributed by atoms with van der Waals surface area (Å²) in [5.41, 5.74) is 1.49. The zero-order valence-electron chi connectivity index (χ0n) is 17.9. The van der Waals surface area contributed by atoms with Crippen LogP contribution in [0.25, 0.3) is 6.08 Å². The minimum Gasteiger partial charge on any atom is -0.493 e. The summed E-state index contributed by atoms with van der Waals surface area (Å²) in [6.07, 6.45) is 3.79. The Morgan fingerprint density at radius 3 is 2.33 bits per heavy atom. The minimum absolute atomic E-state index is 0.0404. The number of amides is 2. The maximum absolute atomic E-state index is 12.5. The van der Waals surface area contributed by atoms with E-state index in [0.29, 0.717) is 34.1 Å². The molecule has 0 bridgehead atoms. The molecule has 0 aliphatic heterocycles. The maximum atomic E-state index is 12.5. The van der Waals surface area contributed by atoms with Gasteiger partial charge in [-0.25, -0.2) is 0 Å². The smallest absolute Gasteiger partial charge is 0.253 e. The second kappa shape index (κ2) is 10.9. The Labute approximate surface area is 177 Å². The van der Waals surface area contributed by atoms with Gasteiger partial charge in [-0.05, 0) is 43.7 Å². The number of hydrogen-bond acceptors (Lipinski definition) is 5. The highest BCUT2D eigenvalue weighted by Crippen LogP contribution is 2.40. The fraction of sp³-hybridized carbons (Fsp3) is 0.304. The second-order valence-electron chi connectivity index (χ2n) is 6.57. The van der Waals surface area contributed by atoms with Crippen LogP contribution in [0, 0.1) is 0 Å². The van der Waals surface area contributed by atoms with E-state index in [4.69, 9.17) is 14.2 Å². The molecule has 2 aromatic rings. The summed E-state index contributed by atoms with van der Waals surface area (Å²) in [5.74, 6) is 0.808. The lowest BCUT2D eigenvalue weighted by Crippen LogP contribution is -2.32. The van der Waals surface area contributed by atoms with Crippen LogP contribution < -0.4 is 24.8 Å². The summed E-state index contributed by atoms with van der Waals surface area (Å²) in [7, 11) is 4.57. The van der Waals surface area contributed by atoms with Crippen LogP contribution in [0.1, 0.15) is 36.2 Å². The first kappa shape index (κ1) is 22.8.